The highest BCUT2D eigenvalue weighted by Gasteiger charge is 2.11. The average molecular weight is 185 g/mol. The summed E-state index contributed by atoms with van der Waals surface area (Å²) in [6.45, 7) is 6.61. The number of nitrogens with zero attached hydrogens (tertiary/aromatic N) is 3. The van der Waals surface area contributed by atoms with E-state index in [-0.39, 0.29) is 0 Å². The Kier molecular flexibility index (Phi) is 2.77. The summed E-state index contributed by atoms with van der Waals surface area (Å²) >= 11 is 1.88. The quantitative estimate of drug-likeness (QED) is 0.704. The highest BCUT2D eigenvalue weighted by molar-refractivity contribution is 7.99. The van der Waals surface area contributed by atoms with E-state index in [4.69, 9.17) is 0 Å². The third-order valence-electron chi connectivity index (χ3n) is 1.30. The normalized spacial score (nSPS) is 12.0. The number of aromatic nitrogens is 3. The minimum absolute atomic E-state index is 0.303. The van der Waals surface area contributed by atoms with Gasteiger partial charge in [0.05, 0.1) is 11.9 Å². The lowest BCUT2D eigenvalue weighted by Crippen LogP contribution is -2.07. The fraction of sp³-hybridized carbons (Fsp3) is 0.750. The van der Waals surface area contributed by atoms with Crippen molar-refractivity contribution in [3.8, 4) is 0 Å². The Balaban J connectivity index is 2.44. The fourth-order valence-electron chi connectivity index (χ4n) is 0.744. The Hall–Kier alpha value is -0.510. The van der Waals surface area contributed by atoms with Crippen LogP contribution >= 0.6 is 11.8 Å². The predicted molar refractivity (Wildman–Crippen MR) is 52.1 cm³/mol. The summed E-state index contributed by atoms with van der Waals surface area (Å²) in [5.41, 5.74) is 1.05. The van der Waals surface area contributed by atoms with Crippen LogP contribution < -0.4 is 0 Å². The smallest absolute Gasteiger partial charge is 0.0926 e. The molecule has 0 amide bonds. The van der Waals surface area contributed by atoms with Gasteiger partial charge in [0.15, 0.2) is 0 Å². The first-order chi connectivity index (χ1) is 5.47. The van der Waals surface area contributed by atoms with Crippen LogP contribution in [0.15, 0.2) is 6.20 Å². The van der Waals surface area contributed by atoms with Crippen LogP contribution in [0, 0.1) is 0 Å². The van der Waals surface area contributed by atoms with Crippen molar-refractivity contribution in [2.24, 2.45) is 7.05 Å². The van der Waals surface area contributed by atoms with E-state index < -0.39 is 0 Å². The minimum Gasteiger partial charge on any atom is -0.188 e. The van der Waals surface area contributed by atoms with Gasteiger partial charge in [-0.1, -0.05) is 20.8 Å². The minimum atomic E-state index is 0.303. The first-order valence-corrected chi connectivity index (χ1v) is 4.95. The number of aryl methyl sites for hydroxylation is 1. The van der Waals surface area contributed by atoms with Gasteiger partial charge in [-0.2, -0.15) is 15.0 Å². The van der Waals surface area contributed by atoms with E-state index >= 15 is 0 Å². The molecule has 0 aromatic carbocycles. The van der Waals surface area contributed by atoms with Gasteiger partial charge in [-0.3, -0.25) is 0 Å². The van der Waals surface area contributed by atoms with E-state index in [1.807, 2.05) is 25.0 Å². The van der Waals surface area contributed by atoms with Crippen molar-refractivity contribution in [3.05, 3.63) is 11.9 Å². The second-order valence-electron chi connectivity index (χ2n) is 3.73. The number of rotatable bonds is 2. The van der Waals surface area contributed by atoms with Crippen LogP contribution in [0.2, 0.25) is 0 Å². The maximum atomic E-state index is 4.20. The Bertz CT molecular complexity index is 249. The number of hydrogen-bond acceptors (Lipinski definition) is 3. The molecule has 1 heterocycles. The Labute approximate surface area is 77.5 Å². The van der Waals surface area contributed by atoms with Gasteiger partial charge >= 0.3 is 0 Å². The van der Waals surface area contributed by atoms with E-state index in [1.54, 1.807) is 4.80 Å². The lowest BCUT2D eigenvalue weighted by Gasteiger charge is -2.15. The molecule has 0 aliphatic rings. The Morgan fingerprint density at radius 1 is 1.50 bits per heavy atom. The zero-order valence-corrected chi connectivity index (χ0v) is 8.85. The van der Waals surface area contributed by atoms with E-state index in [2.05, 4.69) is 31.0 Å². The third-order valence-corrected chi connectivity index (χ3v) is 2.61. The number of hydrogen-bond donors (Lipinski definition) is 0. The van der Waals surface area contributed by atoms with Crippen molar-refractivity contribution in [3.63, 3.8) is 0 Å². The van der Waals surface area contributed by atoms with Gasteiger partial charge in [-0.15, -0.1) is 11.8 Å². The molecule has 0 aliphatic carbocycles. The summed E-state index contributed by atoms with van der Waals surface area (Å²) in [4.78, 5) is 1.60. The summed E-state index contributed by atoms with van der Waals surface area (Å²) in [6.07, 6.45) is 1.82. The van der Waals surface area contributed by atoms with Crippen LogP contribution in [0.4, 0.5) is 0 Å². The maximum Gasteiger partial charge on any atom is 0.0926 e. The van der Waals surface area contributed by atoms with Gasteiger partial charge in [0.2, 0.25) is 0 Å². The molecule has 0 atom stereocenters. The summed E-state index contributed by atoms with van der Waals surface area (Å²) in [5, 5.41) is 8.21. The maximum absolute atomic E-state index is 4.20. The first-order valence-electron chi connectivity index (χ1n) is 3.96. The Morgan fingerprint density at radius 2 is 2.17 bits per heavy atom. The van der Waals surface area contributed by atoms with Gasteiger partial charge in [0.1, 0.15) is 0 Å². The van der Waals surface area contributed by atoms with Crippen LogP contribution in [0.3, 0.4) is 0 Å². The molecule has 1 aromatic heterocycles. The molecule has 0 radical (unpaired) electrons. The largest absolute Gasteiger partial charge is 0.188 e. The fourth-order valence-corrected chi connectivity index (χ4v) is 1.46. The van der Waals surface area contributed by atoms with Crippen molar-refractivity contribution in [1.82, 2.24) is 15.0 Å². The molecular weight excluding hydrogens is 170 g/mol. The molecule has 0 unspecified atom stereocenters. The van der Waals surface area contributed by atoms with Crippen molar-refractivity contribution in [1.29, 1.82) is 0 Å². The second kappa shape index (κ2) is 3.47. The van der Waals surface area contributed by atoms with Crippen molar-refractivity contribution < 1.29 is 0 Å². The highest BCUT2D eigenvalue weighted by Crippen LogP contribution is 2.25. The standard InChI is InChI=1S/C8H15N3S/c1-8(2,3)12-6-7-5-9-11(4)10-7/h5H,6H2,1-4H3. The summed E-state index contributed by atoms with van der Waals surface area (Å²) in [7, 11) is 1.84. The van der Waals surface area contributed by atoms with Gasteiger partial charge in [0, 0.05) is 17.5 Å². The SMILES string of the molecule is Cn1ncc(CSC(C)(C)C)n1. The predicted octanol–water partition coefficient (Wildman–Crippen LogP) is 1.85. The third kappa shape index (κ3) is 3.26. The molecule has 0 bridgehead atoms. The Morgan fingerprint density at radius 3 is 2.58 bits per heavy atom. The van der Waals surface area contributed by atoms with Gasteiger partial charge in [-0.05, 0) is 0 Å². The molecule has 4 heteroatoms. The number of thioether (sulfide) groups is 1. The van der Waals surface area contributed by atoms with E-state index in [9.17, 15) is 0 Å². The molecule has 12 heavy (non-hydrogen) atoms. The van der Waals surface area contributed by atoms with Crippen LogP contribution in [-0.4, -0.2) is 19.7 Å². The van der Waals surface area contributed by atoms with Crippen LogP contribution in [0.1, 0.15) is 26.5 Å². The molecular formula is C8H15N3S. The molecule has 0 saturated carbocycles. The molecule has 0 fully saturated rings. The van der Waals surface area contributed by atoms with Crippen LogP contribution in [0.25, 0.3) is 0 Å². The molecule has 0 N–H and O–H groups in total. The van der Waals surface area contributed by atoms with E-state index in [0.29, 0.717) is 4.75 Å². The zero-order chi connectivity index (χ0) is 9.19. The topological polar surface area (TPSA) is 30.7 Å². The summed E-state index contributed by atoms with van der Waals surface area (Å²) in [5.74, 6) is 0.942. The van der Waals surface area contributed by atoms with E-state index in [0.717, 1.165) is 11.4 Å². The van der Waals surface area contributed by atoms with Crippen LogP contribution in [0.5, 0.6) is 0 Å². The lowest BCUT2D eigenvalue weighted by molar-refractivity contribution is 0.648. The van der Waals surface area contributed by atoms with Crippen LogP contribution in [-0.2, 0) is 12.8 Å². The molecule has 68 valence electrons. The van der Waals surface area contributed by atoms with Crippen molar-refractivity contribution in [2.45, 2.75) is 31.3 Å². The van der Waals surface area contributed by atoms with Crippen molar-refractivity contribution in [2.75, 3.05) is 0 Å². The van der Waals surface area contributed by atoms with Gasteiger partial charge in [0.25, 0.3) is 0 Å². The molecule has 0 saturated heterocycles. The van der Waals surface area contributed by atoms with E-state index in [1.165, 1.54) is 0 Å². The first kappa shape index (κ1) is 9.58. The molecule has 1 aromatic rings. The highest BCUT2D eigenvalue weighted by atomic mass is 32.2. The molecule has 1 rings (SSSR count). The lowest BCUT2D eigenvalue weighted by atomic mass is 10.3. The average Bonchev–Trinajstić information content (AvgIpc) is 2.30. The summed E-state index contributed by atoms with van der Waals surface area (Å²) < 4.78 is 0.303. The van der Waals surface area contributed by atoms with Crippen molar-refractivity contribution >= 4 is 11.8 Å². The zero-order valence-electron chi connectivity index (χ0n) is 8.03. The molecule has 0 spiro atoms. The second-order valence-corrected chi connectivity index (χ2v) is 5.53. The monoisotopic (exact) mass is 185 g/mol. The molecule has 0 aliphatic heterocycles. The van der Waals surface area contributed by atoms with Gasteiger partial charge in [-0.25, -0.2) is 0 Å². The van der Waals surface area contributed by atoms with Gasteiger partial charge < -0.3 is 0 Å². The molecule has 3 nitrogen and oxygen atoms in total. The summed E-state index contributed by atoms with van der Waals surface area (Å²) in [6, 6.07) is 0.